The zero-order valence-corrected chi connectivity index (χ0v) is 19.9. The number of aliphatic hydroxyl groups is 1. The highest BCUT2D eigenvalue weighted by atomic mass is 19.1. The van der Waals surface area contributed by atoms with Crippen LogP contribution in [0, 0.1) is 17.7 Å². The van der Waals surface area contributed by atoms with Gasteiger partial charge in [-0.15, -0.1) is 0 Å². The number of carbonyl (C=O) groups is 1. The van der Waals surface area contributed by atoms with Gasteiger partial charge in [-0.25, -0.2) is 4.39 Å². The summed E-state index contributed by atoms with van der Waals surface area (Å²) in [7, 11) is 0. The van der Waals surface area contributed by atoms with E-state index in [-0.39, 0.29) is 47.8 Å². The number of halogens is 1. The fraction of sp³-hybridized carbons (Fsp3) is 0.357. The van der Waals surface area contributed by atoms with Gasteiger partial charge in [-0.05, 0) is 48.9 Å². The van der Waals surface area contributed by atoms with Crippen LogP contribution in [0.4, 0.5) is 4.39 Å². The Morgan fingerprint density at radius 2 is 1.91 bits per heavy atom. The monoisotopic (exact) mass is 475 g/mol. The molecule has 0 radical (unpaired) electrons. The maximum atomic E-state index is 13.8. The molecule has 6 nitrogen and oxygen atoms in total. The second-order valence-electron chi connectivity index (χ2n) is 9.47. The predicted molar refractivity (Wildman–Crippen MR) is 132 cm³/mol. The van der Waals surface area contributed by atoms with Crippen molar-refractivity contribution < 1.29 is 14.3 Å². The molecule has 2 aliphatic heterocycles. The molecule has 1 saturated heterocycles. The van der Waals surface area contributed by atoms with Gasteiger partial charge in [0, 0.05) is 36.2 Å². The Bertz CT molecular complexity index is 1290. The van der Waals surface area contributed by atoms with Crippen LogP contribution in [0.2, 0.25) is 0 Å². The molecule has 2 aliphatic rings. The first-order valence-corrected chi connectivity index (χ1v) is 12.2. The molecular weight excluding hydrogens is 445 g/mol. The molecule has 5 atom stereocenters. The first kappa shape index (κ1) is 23.5. The van der Waals surface area contributed by atoms with Gasteiger partial charge < -0.3 is 15.0 Å². The number of nitrogens with one attached hydrogen (secondary N) is 1. The van der Waals surface area contributed by atoms with Gasteiger partial charge in [0.05, 0.1) is 18.1 Å². The lowest BCUT2D eigenvalue weighted by Crippen LogP contribution is -2.48. The van der Waals surface area contributed by atoms with Gasteiger partial charge in [0.1, 0.15) is 5.82 Å². The second-order valence-corrected chi connectivity index (χ2v) is 9.47. The quantitative estimate of drug-likeness (QED) is 0.572. The number of aromatic nitrogens is 1. The standard InChI is InChI=1S/C28H30FN3O3/c1-3-31-25-22(23(16-33)26(31)27(34)30-17(2)18-8-5-4-6-9-18)15-32-24(25)13-12-21(28(32)35)19-10-7-11-20(29)14-19/h4-14,17,22-23,25-26,33H,3,15-16H2,1-2H3,(H,30,34)/t17-,22-,23-,25+,26-/m1/s1. The summed E-state index contributed by atoms with van der Waals surface area (Å²) in [6.45, 7) is 4.83. The molecule has 2 aromatic carbocycles. The largest absolute Gasteiger partial charge is 0.396 e. The average molecular weight is 476 g/mol. The van der Waals surface area contributed by atoms with Crippen LogP contribution < -0.4 is 10.9 Å². The SMILES string of the molecule is CCN1[C@@H]2c3ccc(-c4cccc(F)c4)c(=O)n3C[C@@H]2[C@@H](CO)[C@@H]1C(=O)N[C@H](C)c1ccccc1. The average Bonchev–Trinajstić information content (AvgIpc) is 3.39. The molecule has 2 N–H and O–H groups in total. The molecule has 5 rings (SSSR count). The highest BCUT2D eigenvalue weighted by Gasteiger charge is 2.55. The normalized spacial score (nSPS) is 24.1. The van der Waals surface area contributed by atoms with Crippen LogP contribution >= 0.6 is 0 Å². The van der Waals surface area contributed by atoms with E-state index in [1.54, 1.807) is 22.8 Å². The highest BCUT2D eigenvalue weighted by molar-refractivity contribution is 5.83. The van der Waals surface area contributed by atoms with Gasteiger partial charge >= 0.3 is 0 Å². The Labute approximate surface area is 204 Å². The molecule has 3 aromatic rings. The zero-order valence-electron chi connectivity index (χ0n) is 19.9. The van der Waals surface area contributed by atoms with Crippen LogP contribution in [0.25, 0.3) is 11.1 Å². The van der Waals surface area contributed by atoms with Crippen molar-refractivity contribution in [2.45, 2.75) is 38.5 Å². The molecule has 0 saturated carbocycles. The molecule has 35 heavy (non-hydrogen) atoms. The molecule has 0 bridgehead atoms. The van der Waals surface area contributed by atoms with Crippen LogP contribution in [0.3, 0.4) is 0 Å². The summed E-state index contributed by atoms with van der Waals surface area (Å²) in [6, 6.07) is 18.7. The van der Waals surface area contributed by atoms with E-state index >= 15 is 0 Å². The smallest absolute Gasteiger partial charge is 0.258 e. The number of likely N-dealkylation sites (N-methyl/N-ethyl adjacent to an activating group) is 1. The van der Waals surface area contributed by atoms with Crippen molar-refractivity contribution in [1.82, 2.24) is 14.8 Å². The number of amides is 1. The Hall–Kier alpha value is -3.29. The molecule has 0 aliphatic carbocycles. The third-order valence-corrected chi connectivity index (χ3v) is 7.62. The van der Waals surface area contributed by atoms with E-state index in [4.69, 9.17) is 0 Å². The van der Waals surface area contributed by atoms with E-state index in [0.717, 1.165) is 11.3 Å². The Kier molecular flexibility index (Phi) is 6.30. The lowest BCUT2D eigenvalue weighted by Gasteiger charge is -2.30. The Morgan fingerprint density at radius 3 is 2.60 bits per heavy atom. The number of aliphatic hydroxyl groups excluding tert-OH is 1. The summed E-state index contributed by atoms with van der Waals surface area (Å²) in [5.74, 6) is -0.875. The van der Waals surface area contributed by atoms with Crippen LogP contribution in [0.1, 0.15) is 37.2 Å². The van der Waals surface area contributed by atoms with Crippen LogP contribution in [-0.4, -0.2) is 39.7 Å². The third kappa shape index (κ3) is 3.98. The van der Waals surface area contributed by atoms with E-state index < -0.39 is 6.04 Å². The summed E-state index contributed by atoms with van der Waals surface area (Å²) in [5, 5.41) is 13.5. The Balaban J connectivity index is 1.46. The zero-order chi connectivity index (χ0) is 24.7. The van der Waals surface area contributed by atoms with Gasteiger partial charge in [0.15, 0.2) is 0 Å². The summed E-state index contributed by atoms with van der Waals surface area (Å²) < 4.78 is 15.5. The topological polar surface area (TPSA) is 74.6 Å². The van der Waals surface area contributed by atoms with Crippen LogP contribution in [-0.2, 0) is 11.3 Å². The molecule has 1 fully saturated rings. The molecule has 1 amide bonds. The number of rotatable bonds is 6. The fourth-order valence-electron chi connectivity index (χ4n) is 5.98. The lowest BCUT2D eigenvalue weighted by atomic mass is 9.88. The number of hydrogen-bond donors (Lipinski definition) is 2. The van der Waals surface area contributed by atoms with E-state index in [1.165, 1.54) is 12.1 Å². The molecule has 0 unspecified atom stereocenters. The maximum absolute atomic E-state index is 13.8. The summed E-state index contributed by atoms with van der Waals surface area (Å²) in [6.07, 6.45) is 0. The third-order valence-electron chi connectivity index (χ3n) is 7.62. The number of hydrogen-bond acceptors (Lipinski definition) is 4. The number of nitrogens with zero attached hydrogens (tertiary/aromatic N) is 2. The predicted octanol–water partition coefficient (Wildman–Crippen LogP) is 3.52. The second kappa shape index (κ2) is 9.40. The maximum Gasteiger partial charge on any atom is 0.258 e. The van der Waals surface area contributed by atoms with Gasteiger partial charge in [0.2, 0.25) is 5.91 Å². The van der Waals surface area contributed by atoms with Gasteiger partial charge in [-0.3, -0.25) is 14.5 Å². The van der Waals surface area contributed by atoms with Crippen LogP contribution in [0.5, 0.6) is 0 Å². The van der Waals surface area contributed by atoms with Crippen molar-refractivity contribution in [1.29, 1.82) is 0 Å². The fourth-order valence-corrected chi connectivity index (χ4v) is 5.98. The lowest BCUT2D eigenvalue weighted by molar-refractivity contribution is -0.128. The number of carbonyl (C=O) groups excluding carboxylic acids is 1. The summed E-state index contributed by atoms with van der Waals surface area (Å²) in [4.78, 5) is 29.0. The highest BCUT2D eigenvalue weighted by Crippen LogP contribution is 2.49. The number of likely N-dealkylation sites (tertiary alicyclic amines) is 1. The molecule has 3 heterocycles. The van der Waals surface area contributed by atoms with Crippen molar-refractivity contribution in [3.05, 3.63) is 94.2 Å². The van der Waals surface area contributed by atoms with Gasteiger partial charge in [-0.2, -0.15) is 0 Å². The molecule has 7 heteroatoms. The van der Waals surface area contributed by atoms with Crippen molar-refractivity contribution in [3.8, 4) is 11.1 Å². The molecule has 182 valence electrons. The minimum absolute atomic E-state index is 0.0711. The minimum atomic E-state index is -0.488. The van der Waals surface area contributed by atoms with E-state index in [0.29, 0.717) is 24.2 Å². The minimum Gasteiger partial charge on any atom is -0.396 e. The Morgan fingerprint density at radius 1 is 1.14 bits per heavy atom. The molecule has 1 aromatic heterocycles. The van der Waals surface area contributed by atoms with E-state index in [2.05, 4.69) is 10.2 Å². The van der Waals surface area contributed by atoms with Gasteiger partial charge in [-0.1, -0.05) is 49.4 Å². The summed E-state index contributed by atoms with van der Waals surface area (Å²) in [5.41, 5.74) is 2.67. The van der Waals surface area contributed by atoms with Crippen molar-refractivity contribution in [2.75, 3.05) is 13.2 Å². The summed E-state index contributed by atoms with van der Waals surface area (Å²) >= 11 is 0. The van der Waals surface area contributed by atoms with Crippen LogP contribution in [0.15, 0.2) is 71.5 Å². The number of benzene rings is 2. The number of pyridine rings is 1. The molecular formula is C28H30FN3O3. The molecule has 0 spiro atoms. The number of fused-ring (bicyclic) bond motifs is 3. The van der Waals surface area contributed by atoms with E-state index in [9.17, 15) is 19.1 Å². The van der Waals surface area contributed by atoms with E-state index in [1.807, 2.05) is 50.2 Å². The first-order chi connectivity index (χ1) is 16.9. The van der Waals surface area contributed by atoms with Gasteiger partial charge in [0.25, 0.3) is 5.56 Å². The first-order valence-electron chi connectivity index (χ1n) is 12.2. The van der Waals surface area contributed by atoms with Crippen molar-refractivity contribution >= 4 is 5.91 Å². The van der Waals surface area contributed by atoms with Crippen molar-refractivity contribution in [2.24, 2.45) is 11.8 Å². The van der Waals surface area contributed by atoms with Crippen molar-refractivity contribution in [3.63, 3.8) is 0 Å².